The molecule has 0 bridgehead atoms. The van der Waals surface area contributed by atoms with Crippen LogP contribution in [0.15, 0.2) is 29.2 Å². The molecule has 0 atom stereocenters. The van der Waals surface area contributed by atoms with Gasteiger partial charge in [0.2, 0.25) is 0 Å². The molecule has 1 aromatic rings. The predicted octanol–water partition coefficient (Wildman–Crippen LogP) is 2.64. The standard InChI is InChI=1S/C12H16O4S/c13-17(14,15)12-8-6-11(7-9-12)16-10-4-2-1-3-5-10/h6-10H,1-5H2,(H,13,14,15). The van der Waals surface area contributed by atoms with Gasteiger partial charge < -0.3 is 4.74 Å². The third-order valence-electron chi connectivity index (χ3n) is 2.98. The first kappa shape index (κ1) is 12.4. The van der Waals surface area contributed by atoms with Crippen molar-refractivity contribution < 1.29 is 17.7 Å². The van der Waals surface area contributed by atoms with Crippen LogP contribution in [0.3, 0.4) is 0 Å². The van der Waals surface area contributed by atoms with Crippen molar-refractivity contribution in [3.63, 3.8) is 0 Å². The normalized spacial score (nSPS) is 17.9. The first-order chi connectivity index (χ1) is 8.05. The van der Waals surface area contributed by atoms with Crippen molar-refractivity contribution in [1.29, 1.82) is 0 Å². The lowest BCUT2D eigenvalue weighted by atomic mass is 9.98. The van der Waals surface area contributed by atoms with Crippen LogP contribution in [0.1, 0.15) is 32.1 Å². The van der Waals surface area contributed by atoms with E-state index in [0.717, 1.165) is 12.8 Å². The minimum atomic E-state index is -4.11. The molecule has 0 heterocycles. The fourth-order valence-corrected chi connectivity index (χ4v) is 2.55. The van der Waals surface area contributed by atoms with E-state index in [1.54, 1.807) is 12.1 Å². The van der Waals surface area contributed by atoms with E-state index in [2.05, 4.69) is 0 Å². The average Bonchev–Trinajstić information content (AvgIpc) is 2.30. The van der Waals surface area contributed by atoms with Crippen LogP contribution < -0.4 is 4.74 Å². The first-order valence-electron chi connectivity index (χ1n) is 5.80. The van der Waals surface area contributed by atoms with Crippen molar-refractivity contribution >= 4 is 10.1 Å². The molecule has 5 heteroatoms. The maximum atomic E-state index is 10.8. The highest BCUT2D eigenvalue weighted by Gasteiger charge is 2.15. The lowest BCUT2D eigenvalue weighted by Crippen LogP contribution is -2.19. The van der Waals surface area contributed by atoms with E-state index >= 15 is 0 Å². The summed E-state index contributed by atoms with van der Waals surface area (Å²) in [6.07, 6.45) is 5.99. The molecule has 0 unspecified atom stereocenters. The van der Waals surface area contributed by atoms with Gasteiger partial charge in [0.1, 0.15) is 5.75 Å². The van der Waals surface area contributed by atoms with Gasteiger partial charge in [0, 0.05) is 0 Å². The monoisotopic (exact) mass is 256 g/mol. The minimum Gasteiger partial charge on any atom is -0.490 e. The molecule has 17 heavy (non-hydrogen) atoms. The maximum Gasteiger partial charge on any atom is 0.294 e. The second-order valence-corrected chi connectivity index (χ2v) is 5.75. The number of hydrogen-bond donors (Lipinski definition) is 1. The van der Waals surface area contributed by atoms with E-state index in [9.17, 15) is 8.42 Å². The van der Waals surface area contributed by atoms with Gasteiger partial charge in [0.15, 0.2) is 0 Å². The number of hydrogen-bond acceptors (Lipinski definition) is 3. The fourth-order valence-electron chi connectivity index (χ4n) is 2.07. The fraction of sp³-hybridized carbons (Fsp3) is 0.500. The summed E-state index contributed by atoms with van der Waals surface area (Å²) in [7, 11) is -4.11. The molecule has 1 saturated carbocycles. The van der Waals surface area contributed by atoms with Gasteiger partial charge in [-0.3, -0.25) is 4.55 Å². The summed E-state index contributed by atoms with van der Waals surface area (Å²) in [5.74, 6) is 0.657. The lowest BCUT2D eigenvalue weighted by molar-refractivity contribution is 0.155. The highest BCUT2D eigenvalue weighted by molar-refractivity contribution is 7.85. The minimum absolute atomic E-state index is 0.103. The highest BCUT2D eigenvalue weighted by Crippen LogP contribution is 2.24. The van der Waals surface area contributed by atoms with Crippen LogP contribution in [0.2, 0.25) is 0 Å². The molecule has 1 aliphatic rings. The SMILES string of the molecule is O=S(=O)(O)c1ccc(OC2CCCCC2)cc1. The van der Waals surface area contributed by atoms with Crippen molar-refractivity contribution in [2.24, 2.45) is 0 Å². The summed E-state index contributed by atoms with van der Waals surface area (Å²) >= 11 is 0. The molecular formula is C12H16O4S. The molecule has 94 valence electrons. The summed E-state index contributed by atoms with van der Waals surface area (Å²) in [6.45, 7) is 0. The Bertz CT molecular complexity index is 458. The zero-order chi connectivity index (χ0) is 12.3. The van der Waals surface area contributed by atoms with Crippen molar-refractivity contribution in [2.45, 2.75) is 43.1 Å². The molecule has 0 aliphatic heterocycles. The Labute approximate surface area is 101 Å². The summed E-state index contributed by atoms with van der Waals surface area (Å²) in [6, 6.07) is 5.87. The Balaban J connectivity index is 2.03. The van der Waals surface area contributed by atoms with Crippen LogP contribution in [0.5, 0.6) is 5.75 Å². The molecule has 1 aliphatic carbocycles. The summed E-state index contributed by atoms with van der Waals surface area (Å²) in [5, 5.41) is 0. The number of ether oxygens (including phenoxy) is 1. The quantitative estimate of drug-likeness (QED) is 0.844. The van der Waals surface area contributed by atoms with Crippen molar-refractivity contribution in [1.82, 2.24) is 0 Å². The van der Waals surface area contributed by atoms with Crippen LogP contribution in [0, 0.1) is 0 Å². The van der Waals surface area contributed by atoms with E-state index in [0.29, 0.717) is 5.75 Å². The largest absolute Gasteiger partial charge is 0.490 e. The molecular weight excluding hydrogens is 240 g/mol. The van der Waals surface area contributed by atoms with Gasteiger partial charge in [-0.25, -0.2) is 0 Å². The van der Waals surface area contributed by atoms with Gasteiger partial charge in [-0.05, 0) is 49.9 Å². The van der Waals surface area contributed by atoms with Crippen molar-refractivity contribution in [3.05, 3.63) is 24.3 Å². The predicted molar refractivity (Wildman–Crippen MR) is 63.8 cm³/mol. The van der Waals surface area contributed by atoms with E-state index in [1.165, 1.54) is 31.4 Å². The Morgan fingerprint density at radius 3 is 2.18 bits per heavy atom. The smallest absolute Gasteiger partial charge is 0.294 e. The Morgan fingerprint density at radius 1 is 1.06 bits per heavy atom. The second-order valence-electron chi connectivity index (χ2n) is 4.32. The Kier molecular flexibility index (Phi) is 3.69. The van der Waals surface area contributed by atoms with Gasteiger partial charge in [0.05, 0.1) is 11.0 Å². The zero-order valence-electron chi connectivity index (χ0n) is 9.50. The molecule has 1 aromatic carbocycles. The van der Waals surface area contributed by atoms with Gasteiger partial charge in [-0.1, -0.05) is 6.42 Å². The average molecular weight is 256 g/mol. The lowest BCUT2D eigenvalue weighted by Gasteiger charge is -2.22. The van der Waals surface area contributed by atoms with Crippen LogP contribution in [-0.2, 0) is 10.1 Å². The summed E-state index contributed by atoms with van der Waals surface area (Å²) < 4.78 is 36.3. The number of benzene rings is 1. The maximum absolute atomic E-state index is 10.8. The molecule has 1 fully saturated rings. The van der Waals surface area contributed by atoms with E-state index in [4.69, 9.17) is 9.29 Å². The third kappa shape index (κ3) is 3.44. The van der Waals surface area contributed by atoms with Gasteiger partial charge in [-0.2, -0.15) is 8.42 Å². The second kappa shape index (κ2) is 5.06. The van der Waals surface area contributed by atoms with Crippen LogP contribution in [0.25, 0.3) is 0 Å². The Morgan fingerprint density at radius 2 is 1.65 bits per heavy atom. The Hall–Kier alpha value is -1.07. The van der Waals surface area contributed by atoms with Gasteiger partial charge >= 0.3 is 0 Å². The molecule has 0 saturated heterocycles. The molecule has 0 radical (unpaired) electrons. The summed E-state index contributed by atoms with van der Waals surface area (Å²) in [4.78, 5) is -0.103. The molecule has 0 amide bonds. The van der Waals surface area contributed by atoms with E-state index < -0.39 is 10.1 Å². The highest BCUT2D eigenvalue weighted by atomic mass is 32.2. The number of rotatable bonds is 3. The van der Waals surface area contributed by atoms with Crippen LogP contribution in [-0.4, -0.2) is 19.1 Å². The van der Waals surface area contributed by atoms with Gasteiger partial charge in [0.25, 0.3) is 10.1 Å². The van der Waals surface area contributed by atoms with Crippen molar-refractivity contribution in [2.75, 3.05) is 0 Å². The van der Waals surface area contributed by atoms with E-state index in [1.807, 2.05) is 0 Å². The molecule has 1 N–H and O–H groups in total. The molecule has 4 nitrogen and oxygen atoms in total. The van der Waals surface area contributed by atoms with Crippen molar-refractivity contribution in [3.8, 4) is 5.75 Å². The molecule has 2 rings (SSSR count). The van der Waals surface area contributed by atoms with Gasteiger partial charge in [-0.15, -0.1) is 0 Å². The zero-order valence-corrected chi connectivity index (χ0v) is 10.3. The molecule has 0 spiro atoms. The first-order valence-corrected chi connectivity index (χ1v) is 7.24. The third-order valence-corrected chi connectivity index (χ3v) is 3.84. The topological polar surface area (TPSA) is 63.6 Å². The summed E-state index contributed by atoms with van der Waals surface area (Å²) in [5.41, 5.74) is 0. The van der Waals surface area contributed by atoms with E-state index in [-0.39, 0.29) is 11.0 Å². The molecule has 0 aromatic heterocycles. The van der Waals surface area contributed by atoms with Crippen LogP contribution >= 0.6 is 0 Å². The van der Waals surface area contributed by atoms with Crippen LogP contribution in [0.4, 0.5) is 0 Å².